The van der Waals surface area contributed by atoms with Crippen LogP contribution in [-0.4, -0.2) is 70.0 Å². The van der Waals surface area contributed by atoms with Gasteiger partial charge in [0.15, 0.2) is 6.10 Å². The number of esters is 2. The first-order chi connectivity index (χ1) is 43.0. The molecule has 0 rings (SSSR count). The van der Waals surface area contributed by atoms with Gasteiger partial charge in [-0.15, -0.1) is 0 Å². The maximum Gasteiger partial charge on any atom is 0.306 e. The molecule has 0 heterocycles. The molecule has 504 valence electrons. The first-order valence-corrected chi connectivity index (χ1v) is 37.4. The Bertz CT molecular complexity index is 1950. The van der Waals surface area contributed by atoms with Gasteiger partial charge in [-0.1, -0.05) is 308 Å². The van der Waals surface area contributed by atoms with E-state index in [1.165, 1.54) is 148 Å². The predicted molar refractivity (Wildman–Crippen MR) is 378 cm³/mol. The molecule has 0 bridgehead atoms. The molecular formula is C78H134NO8P. The van der Waals surface area contributed by atoms with E-state index in [-0.39, 0.29) is 32.0 Å². The van der Waals surface area contributed by atoms with Crippen LogP contribution >= 0.6 is 7.82 Å². The van der Waals surface area contributed by atoms with E-state index in [0.29, 0.717) is 17.4 Å². The summed E-state index contributed by atoms with van der Waals surface area (Å²) in [6, 6.07) is 0. The minimum absolute atomic E-state index is 0.0382. The number of hydrogen-bond donors (Lipinski definition) is 0. The third-order valence-corrected chi connectivity index (χ3v) is 16.1. The lowest BCUT2D eigenvalue weighted by molar-refractivity contribution is -0.870. The number of nitrogens with zero attached hydrogens (tertiary/aromatic N) is 1. The maximum atomic E-state index is 12.9. The fourth-order valence-electron chi connectivity index (χ4n) is 9.75. The topological polar surface area (TPSA) is 111 Å². The van der Waals surface area contributed by atoms with Crippen molar-refractivity contribution in [3.63, 3.8) is 0 Å². The quantitative estimate of drug-likeness (QED) is 0.0195. The lowest BCUT2D eigenvalue weighted by Crippen LogP contribution is -2.37. The highest BCUT2D eigenvalue weighted by Crippen LogP contribution is 2.38. The van der Waals surface area contributed by atoms with Gasteiger partial charge in [0.2, 0.25) is 0 Å². The van der Waals surface area contributed by atoms with Gasteiger partial charge in [-0.05, 0) is 109 Å². The predicted octanol–water partition coefficient (Wildman–Crippen LogP) is 23.0. The molecule has 0 spiro atoms. The Morgan fingerprint density at radius 3 is 0.909 bits per heavy atom. The molecular weight excluding hydrogens is 1110 g/mol. The number of carbonyl (C=O) groups is 2. The standard InChI is InChI=1S/C78H134NO8P/c1-6-8-10-12-14-16-18-20-22-24-26-28-30-32-34-36-37-38-39-40-41-43-44-46-48-50-52-54-56-58-60-62-64-66-68-70-77(80)84-74-76(75-86-88(82,83)85-73-72-79(3,4)5)87-78(81)71-69-67-65-63-61-59-57-55-53-51-49-47-45-42-35-33-31-29-27-25-23-21-19-17-15-13-11-9-7-2/h8-11,14-17,20-23,26-29,33,35,45,47,51,53,76H,6-7,12-13,18-19,24-25,30-32,34,36-44,46,48-50,52,54-75H2,1-5H3/b10-8-,11-9-,16-14-,17-15-,22-20-,23-21-,28-26-,29-27-,35-33-,47-45-,53-51-. The molecule has 0 aromatic heterocycles. The van der Waals surface area contributed by atoms with Crippen LogP contribution in [0.25, 0.3) is 0 Å². The van der Waals surface area contributed by atoms with Gasteiger partial charge in [0.05, 0.1) is 27.7 Å². The summed E-state index contributed by atoms with van der Waals surface area (Å²) < 4.78 is 34.3. The highest BCUT2D eigenvalue weighted by atomic mass is 31.2. The number of unbranched alkanes of at least 4 members (excludes halogenated alkanes) is 29. The number of phosphoric acid groups is 1. The SMILES string of the molecule is CC/C=C\C/C=C\C/C=C\C/C=C\C/C=C\C/C=C\C/C=C\CCCCCCCCCC(=O)OC(COC(=O)CCCCCCCCCCCCCCCCCCCCCCCC/C=C\C/C=C\C/C=C\C/C=C\CC)COP(=O)([O-])OCC[N+](C)(C)C. The van der Waals surface area contributed by atoms with Crippen molar-refractivity contribution >= 4 is 19.8 Å². The number of likely N-dealkylation sites (N-methyl/N-ethyl adjacent to an activating group) is 1. The Morgan fingerprint density at radius 2 is 0.614 bits per heavy atom. The number of quaternary nitrogens is 1. The summed E-state index contributed by atoms with van der Waals surface area (Å²) in [4.78, 5) is 38.1. The summed E-state index contributed by atoms with van der Waals surface area (Å²) >= 11 is 0. The molecule has 10 heteroatoms. The van der Waals surface area contributed by atoms with Crippen molar-refractivity contribution in [1.82, 2.24) is 0 Å². The zero-order chi connectivity index (χ0) is 64.1. The lowest BCUT2D eigenvalue weighted by atomic mass is 10.0. The Labute approximate surface area is 542 Å². The van der Waals surface area contributed by atoms with Gasteiger partial charge >= 0.3 is 11.9 Å². The zero-order valence-electron chi connectivity index (χ0n) is 57.4. The van der Waals surface area contributed by atoms with E-state index in [2.05, 4.69) is 148 Å². The van der Waals surface area contributed by atoms with Crippen molar-refractivity contribution in [3.8, 4) is 0 Å². The first kappa shape index (κ1) is 84.2. The normalized spacial score (nSPS) is 13.9. The van der Waals surface area contributed by atoms with E-state index in [1.54, 1.807) is 0 Å². The van der Waals surface area contributed by atoms with Gasteiger partial charge in [-0.3, -0.25) is 14.2 Å². The van der Waals surface area contributed by atoms with E-state index in [4.69, 9.17) is 18.5 Å². The third kappa shape index (κ3) is 71.2. The molecule has 0 aliphatic rings. The average molecular weight is 1240 g/mol. The Hall–Kier alpha value is -3.85. The summed E-state index contributed by atoms with van der Waals surface area (Å²) in [6.07, 6.45) is 98.2. The van der Waals surface area contributed by atoms with Gasteiger partial charge in [0.25, 0.3) is 7.82 Å². The number of hydrogen-bond acceptors (Lipinski definition) is 8. The molecule has 0 aromatic rings. The van der Waals surface area contributed by atoms with E-state index in [9.17, 15) is 19.0 Å². The second kappa shape index (κ2) is 67.5. The Balaban J connectivity index is 4.05. The van der Waals surface area contributed by atoms with Crippen LogP contribution < -0.4 is 4.89 Å². The Morgan fingerprint density at radius 1 is 0.352 bits per heavy atom. The van der Waals surface area contributed by atoms with Crippen LogP contribution in [0.15, 0.2) is 134 Å². The van der Waals surface area contributed by atoms with Gasteiger partial charge in [-0.2, -0.15) is 0 Å². The molecule has 0 saturated carbocycles. The molecule has 0 amide bonds. The molecule has 0 aliphatic heterocycles. The molecule has 0 radical (unpaired) electrons. The highest BCUT2D eigenvalue weighted by molar-refractivity contribution is 7.45. The van der Waals surface area contributed by atoms with Crippen molar-refractivity contribution in [2.45, 2.75) is 302 Å². The highest BCUT2D eigenvalue weighted by Gasteiger charge is 2.22. The van der Waals surface area contributed by atoms with Crippen LogP contribution in [0.5, 0.6) is 0 Å². The first-order valence-electron chi connectivity index (χ1n) is 35.9. The third-order valence-electron chi connectivity index (χ3n) is 15.2. The summed E-state index contributed by atoms with van der Waals surface area (Å²) in [5.41, 5.74) is 0. The van der Waals surface area contributed by atoms with Crippen molar-refractivity contribution in [2.24, 2.45) is 0 Å². The fraction of sp³-hybridized carbons (Fsp3) is 0.692. The summed E-state index contributed by atoms with van der Waals surface area (Å²) in [6.45, 7) is 4.02. The zero-order valence-corrected chi connectivity index (χ0v) is 58.3. The maximum absolute atomic E-state index is 12.9. The van der Waals surface area contributed by atoms with Gasteiger partial charge in [0, 0.05) is 12.8 Å². The summed E-state index contributed by atoms with van der Waals surface area (Å²) in [5.74, 6) is -0.843. The van der Waals surface area contributed by atoms with Crippen LogP contribution in [0.3, 0.4) is 0 Å². The smallest absolute Gasteiger partial charge is 0.306 e. The second-order valence-electron chi connectivity index (χ2n) is 24.8. The molecule has 2 atom stereocenters. The lowest BCUT2D eigenvalue weighted by Gasteiger charge is -2.28. The fourth-order valence-corrected chi connectivity index (χ4v) is 10.5. The minimum atomic E-state index is -4.65. The van der Waals surface area contributed by atoms with Crippen molar-refractivity contribution in [1.29, 1.82) is 0 Å². The molecule has 0 aromatic carbocycles. The molecule has 9 nitrogen and oxygen atoms in total. The van der Waals surface area contributed by atoms with E-state index < -0.39 is 26.5 Å². The van der Waals surface area contributed by atoms with Crippen molar-refractivity contribution in [3.05, 3.63) is 134 Å². The second-order valence-corrected chi connectivity index (χ2v) is 26.2. The van der Waals surface area contributed by atoms with Gasteiger partial charge in [-0.25, -0.2) is 0 Å². The Kier molecular flexibility index (Phi) is 64.6. The molecule has 0 aliphatic carbocycles. The van der Waals surface area contributed by atoms with E-state index >= 15 is 0 Å². The molecule has 88 heavy (non-hydrogen) atoms. The number of ether oxygens (including phenoxy) is 2. The van der Waals surface area contributed by atoms with Crippen LogP contribution in [0, 0.1) is 0 Å². The van der Waals surface area contributed by atoms with Crippen molar-refractivity contribution < 1.29 is 42.1 Å². The number of rotatable bonds is 65. The average Bonchev–Trinajstić information content (AvgIpc) is 3.68. The molecule has 0 saturated heterocycles. The van der Waals surface area contributed by atoms with Gasteiger partial charge in [0.1, 0.15) is 19.8 Å². The van der Waals surface area contributed by atoms with Crippen LogP contribution in [-0.2, 0) is 32.7 Å². The van der Waals surface area contributed by atoms with Crippen LogP contribution in [0.4, 0.5) is 0 Å². The van der Waals surface area contributed by atoms with Crippen LogP contribution in [0.1, 0.15) is 296 Å². The van der Waals surface area contributed by atoms with E-state index in [0.717, 1.165) is 116 Å². The summed E-state index contributed by atoms with van der Waals surface area (Å²) in [5, 5.41) is 0. The number of allylic oxidation sites excluding steroid dienone is 22. The minimum Gasteiger partial charge on any atom is -0.756 e. The molecule has 0 N–H and O–H groups in total. The number of phosphoric ester groups is 1. The monoisotopic (exact) mass is 1240 g/mol. The summed E-state index contributed by atoms with van der Waals surface area (Å²) in [7, 11) is 1.15. The van der Waals surface area contributed by atoms with E-state index in [1.807, 2.05) is 21.1 Å². The number of carbonyl (C=O) groups excluding carboxylic acids is 2. The molecule has 0 fully saturated rings. The molecule has 2 unspecified atom stereocenters. The van der Waals surface area contributed by atoms with Gasteiger partial charge < -0.3 is 27.9 Å². The van der Waals surface area contributed by atoms with Crippen LogP contribution in [0.2, 0.25) is 0 Å². The largest absolute Gasteiger partial charge is 0.756 e. The van der Waals surface area contributed by atoms with Crippen molar-refractivity contribution in [2.75, 3.05) is 47.5 Å².